The van der Waals surface area contributed by atoms with Crippen molar-refractivity contribution in [2.24, 2.45) is 5.41 Å². The summed E-state index contributed by atoms with van der Waals surface area (Å²) in [5, 5.41) is 4.07. The fourth-order valence-electron chi connectivity index (χ4n) is 6.89. The van der Waals surface area contributed by atoms with Crippen molar-refractivity contribution in [1.82, 2.24) is 9.97 Å². The van der Waals surface area contributed by atoms with E-state index in [-0.39, 0.29) is 25.5 Å². The van der Waals surface area contributed by atoms with Crippen molar-refractivity contribution >= 4 is 44.8 Å². The zero-order valence-corrected chi connectivity index (χ0v) is 36.4. The van der Waals surface area contributed by atoms with Crippen LogP contribution >= 0.6 is 11.3 Å². The van der Waals surface area contributed by atoms with Gasteiger partial charge in [0.05, 0.1) is 8.07 Å². The molecule has 0 N–H and O–H groups in total. The van der Waals surface area contributed by atoms with Gasteiger partial charge in [0.2, 0.25) is 0 Å². The van der Waals surface area contributed by atoms with Gasteiger partial charge in [0, 0.05) is 37.2 Å². The summed E-state index contributed by atoms with van der Waals surface area (Å²) in [5.74, 6) is 0.480. The van der Waals surface area contributed by atoms with Crippen LogP contribution in [0.25, 0.3) is 53.8 Å². The zero-order valence-electron chi connectivity index (χ0n) is 32.2. The maximum Gasteiger partial charge on any atom is 0.0798 e. The van der Waals surface area contributed by atoms with Gasteiger partial charge in [0.15, 0.2) is 0 Å². The van der Waals surface area contributed by atoms with Crippen LogP contribution in [0.5, 0.6) is 0 Å². The second-order valence-corrected chi connectivity index (χ2v) is 22.4. The molecule has 0 aliphatic heterocycles. The van der Waals surface area contributed by atoms with Gasteiger partial charge >= 0.3 is 0 Å². The van der Waals surface area contributed by atoms with E-state index < -0.39 is 8.07 Å². The van der Waals surface area contributed by atoms with Crippen LogP contribution < -0.4 is 5.19 Å². The van der Waals surface area contributed by atoms with Gasteiger partial charge in [0.25, 0.3) is 0 Å². The number of nitrogens with zero attached hydrogens (tertiary/aromatic N) is 2. The molecule has 269 valence electrons. The molecule has 0 aliphatic rings. The van der Waals surface area contributed by atoms with Crippen LogP contribution in [-0.2, 0) is 26.5 Å². The van der Waals surface area contributed by atoms with Crippen molar-refractivity contribution in [3.63, 3.8) is 0 Å². The van der Waals surface area contributed by atoms with Crippen molar-refractivity contribution in [3.8, 4) is 33.6 Å². The Labute approximate surface area is 330 Å². The first kappa shape index (κ1) is 39.5. The van der Waals surface area contributed by atoms with Gasteiger partial charge in [0.1, 0.15) is 0 Å². The molecule has 0 saturated heterocycles. The Morgan fingerprint density at radius 3 is 2.17 bits per heavy atom. The topological polar surface area (TPSA) is 25.8 Å². The number of pyridine rings is 2. The molecule has 0 fully saturated rings. The standard InChI is InChI=1S/C28H24NS.C19H26NSi.Ir/c1-17(2)20-13-14-29-25(15-20)24-10-6-9-23-22-12-11-21(16-26(22)30-28(23)24)27-18(3)7-5-8-19(27)4;1-19(2,3)13-16-12-17(15-10-8-7-9-11-15)20-14-18(16)21(4,5)6;/h5-9,11-17H,1-4H3;7-10,12,14H,13H2,1-6H3;/q2*-1;. The van der Waals surface area contributed by atoms with E-state index >= 15 is 0 Å². The maximum atomic E-state index is 4.71. The Morgan fingerprint density at radius 2 is 1.52 bits per heavy atom. The zero-order chi connectivity index (χ0) is 36.5. The van der Waals surface area contributed by atoms with E-state index in [1.54, 1.807) is 0 Å². The second-order valence-electron chi connectivity index (χ2n) is 16.3. The number of fused-ring (bicyclic) bond motifs is 3. The van der Waals surface area contributed by atoms with E-state index in [0.29, 0.717) is 5.92 Å². The largest absolute Gasteiger partial charge is 0.305 e. The molecule has 52 heavy (non-hydrogen) atoms. The third-order valence-electron chi connectivity index (χ3n) is 9.41. The summed E-state index contributed by atoms with van der Waals surface area (Å²) >= 11 is 1.85. The first-order valence-electron chi connectivity index (χ1n) is 18.1. The van der Waals surface area contributed by atoms with E-state index in [4.69, 9.17) is 4.98 Å². The van der Waals surface area contributed by atoms with Gasteiger partial charge in [-0.05, 0) is 92.6 Å². The molecule has 3 heterocycles. The van der Waals surface area contributed by atoms with Gasteiger partial charge in [-0.1, -0.05) is 113 Å². The average Bonchev–Trinajstić information content (AvgIpc) is 3.46. The number of hydrogen-bond acceptors (Lipinski definition) is 3. The SMILES string of the molecule is CC(C)(C)Cc1cc(-c2[c-]cccc2)ncc1[Si](C)(C)C.Cc1cccc(C)c1-c1ccc2c(c1)sc1c(-c3cc(C(C)C)ccn3)[c-]ccc12.[Ir]. The molecule has 0 amide bonds. The monoisotopic (exact) mass is 895 g/mol. The van der Waals surface area contributed by atoms with Gasteiger partial charge < -0.3 is 9.97 Å². The van der Waals surface area contributed by atoms with Crippen LogP contribution in [0.2, 0.25) is 19.6 Å². The summed E-state index contributed by atoms with van der Waals surface area (Å²) < 4.78 is 2.57. The van der Waals surface area contributed by atoms with Crippen molar-refractivity contribution in [3.05, 3.63) is 138 Å². The first-order valence-corrected chi connectivity index (χ1v) is 22.4. The number of thiophene rings is 1. The van der Waals surface area contributed by atoms with Crippen LogP contribution in [0.3, 0.4) is 0 Å². The fourth-order valence-corrected chi connectivity index (χ4v) is 9.71. The van der Waals surface area contributed by atoms with E-state index in [2.05, 4.69) is 158 Å². The van der Waals surface area contributed by atoms with E-state index in [1.807, 2.05) is 41.8 Å². The average molecular weight is 895 g/mol. The molecule has 0 saturated carbocycles. The van der Waals surface area contributed by atoms with Gasteiger partial charge in [-0.3, -0.25) is 0 Å². The second kappa shape index (κ2) is 16.1. The smallest absolute Gasteiger partial charge is 0.0798 e. The third-order valence-corrected chi connectivity index (χ3v) is 12.7. The van der Waals surface area contributed by atoms with Gasteiger partial charge in [-0.25, -0.2) is 0 Å². The summed E-state index contributed by atoms with van der Waals surface area (Å²) in [6.07, 6.45) is 5.13. The molecule has 7 rings (SSSR count). The van der Waals surface area contributed by atoms with Crippen molar-refractivity contribution in [2.45, 2.75) is 80.4 Å². The molecule has 4 aromatic carbocycles. The molecule has 0 bridgehead atoms. The van der Waals surface area contributed by atoms with Crippen LogP contribution in [-0.4, -0.2) is 18.0 Å². The minimum atomic E-state index is -1.37. The summed E-state index contributed by atoms with van der Waals surface area (Å²) in [5.41, 5.74) is 12.5. The molecule has 5 heteroatoms. The molecule has 2 nitrogen and oxygen atoms in total. The van der Waals surface area contributed by atoms with E-state index in [1.165, 1.54) is 58.7 Å². The Balaban J connectivity index is 0.000000210. The quantitative estimate of drug-likeness (QED) is 0.123. The summed E-state index contributed by atoms with van der Waals surface area (Å²) in [4.78, 5) is 9.39. The molecule has 3 aromatic heterocycles. The Morgan fingerprint density at radius 1 is 0.769 bits per heavy atom. The van der Waals surface area contributed by atoms with E-state index in [9.17, 15) is 0 Å². The number of aromatic nitrogens is 2. The Kier molecular flexibility index (Phi) is 12.2. The molecule has 0 unspecified atom stereocenters. The van der Waals surface area contributed by atoms with Gasteiger partial charge in [-0.15, -0.1) is 59.7 Å². The van der Waals surface area contributed by atoms with Crippen LogP contribution in [0.4, 0.5) is 0 Å². The molecule has 1 radical (unpaired) electrons. The third kappa shape index (κ3) is 8.89. The predicted molar refractivity (Wildman–Crippen MR) is 225 cm³/mol. The Bertz CT molecular complexity index is 2290. The molecule has 0 spiro atoms. The molecule has 0 atom stereocenters. The van der Waals surface area contributed by atoms with Crippen LogP contribution in [0.15, 0.2) is 103 Å². The van der Waals surface area contributed by atoms with E-state index in [0.717, 1.165) is 28.9 Å². The summed E-state index contributed by atoms with van der Waals surface area (Å²) in [6.45, 7) is 22.9. The fraction of sp³-hybridized carbons (Fsp3) is 0.277. The predicted octanol–water partition coefficient (Wildman–Crippen LogP) is 13.0. The van der Waals surface area contributed by atoms with Crippen molar-refractivity contribution in [1.29, 1.82) is 0 Å². The Hall–Kier alpha value is -3.73. The van der Waals surface area contributed by atoms with Crippen molar-refractivity contribution in [2.75, 3.05) is 0 Å². The minimum absolute atomic E-state index is 0. The molecule has 0 aliphatic carbocycles. The number of aryl methyl sites for hydroxylation is 2. The maximum absolute atomic E-state index is 4.71. The summed E-state index contributed by atoms with van der Waals surface area (Å²) in [7, 11) is -1.37. The number of hydrogen-bond donors (Lipinski definition) is 0. The molecule has 7 aromatic rings. The number of rotatable bonds is 6. The van der Waals surface area contributed by atoms with Crippen LogP contribution in [0, 0.1) is 31.4 Å². The van der Waals surface area contributed by atoms with Crippen molar-refractivity contribution < 1.29 is 20.1 Å². The van der Waals surface area contributed by atoms with Gasteiger partial charge in [-0.2, -0.15) is 11.3 Å². The molecular weight excluding hydrogens is 845 g/mol. The molecular formula is C47H50IrN2SSi-2. The normalized spacial score (nSPS) is 11.8. The minimum Gasteiger partial charge on any atom is -0.305 e. The number of benzene rings is 4. The van der Waals surface area contributed by atoms with Crippen LogP contribution in [0.1, 0.15) is 62.8 Å². The summed E-state index contributed by atoms with van der Waals surface area (Å²) in [6, 6.07) is 39.0. The first-order chi connectivity index (χ1) is 24.2.